The number of phenols is 3. The summed E-state index contributed by atoms with van der Waals surface area (Å²) < 4.78 is 1.85. The van der Waals surface area contributed by atoms with E-state index < -0.39 is 0 Å². The van der Waals surface area contributed by atoms with E-state index in [9.17, 15) is 24.9 Å². The summed E-state index contributed by atoms with van der Waals surface area (Å²) >= 11 is 35.6. The van der Waals surface area contributed by atoms with Crippen LogP contribution >= 0.6 is 69.6 Å². The van der Waals surface area contributed by atoms with E-state index in [4.69, 9.17) is 69.6 Å². The van der Waals surface area contributed by atoms with Gasteiger partial charge in [-0.2, -0.15) is 0 Å². The number of hydrogen-bond donors (Lipinski definition) is 6. The molecule has 0 aliphatic rings. The minimum atomic E-state index is -0.345. The summed E-state index contributed by atoms with van der Waals surface area (Å²) in [6.07, 6.45) is 8.12. The summed E-state index contributed by atoms with van der Waals surface area (Å²) in [5.41, 5.74) is 3.82. The van der Waals surface area contributed by atoms with Crippen molar-refractivity contribution in [2.75, 3.05) is 13.1 Å². The third-order valence-electron chi connectivity index (χ3n) is 8.83. The molecule has 5 heterocycles. The largest absolute Gasteiger partial charge is 0.504 e. The van der Waals surface area contributed by atoms with Crippen molar-refractivity contribution in [2.45, 2.75) is 19.8 Å². The molecule has 0 saturated heterocycles. The van der Waals surface area contributed by atoms with Crippen LogP contribution in [-0.2, 0) is 19.9 Å². The van der Waals surface area contributed by atoms with Crippen molar-refractivity contribution in [3.8, 4) is 17.2 Å². The molecule has 0 atom stereocenters. The van der Waals surface area contributed by atoms with E-state index in [2.05, 4.69) is 40.5 Å². The van der Waals surface area contributed by atoms with Crippen molar-refractivity contribution in [3.05, 3.63) is 138 Å². The van der Waals surface area contributed by atoms with E-state index in [-0.39, 0.29) is 66.6 Å². The number of halogens is 6. The van der Waals surface area contributed by atoms with Crippen molar-refractivity contribution in [1.82, 2.24) is 45.1 Å². The van der Waals surface area contributed by atoms with Crippen LogP contribution in [0.5, 0.6) is 17.2 Å². The maximum absolute atomic E-state index is 12.2. The van der Waals surface area contributed by atoms with Crippen LogP contribution in [0, 0.1) is 6.92 Å². The Morgan fingerprint density at radius 2 is 1.11 bits per heavy atom. The smallest absolute Gasteiger partial charge is 0.269 e. The summed E-state index contributed by atoms with van der Waals surface area (Å²) in [6.45, 7) is 2.70. The van der Waals surface area contributed by atoms with Gasteiger partial charge in [0.15, 0.2) is 17.2 Å². The zero-order valence-corrected chi connectivity index (χ0v) is 36.5. The highest BCUT2D eigenvalue weighted by Gasteiger charge is 2.16. The van der Waals surface area contributed by atoms with Crippen LogP contribution in [0.15, 0.2) is 79.6 Å². The topological polar surface area (TPSA) is 204 Å². The molecule has 6 N–H and O–H groups in total. The number of benzene rings is 3. The Labute approximate surface area is 377 Å². The molecule has 8 aromatic rings. The van der Waals surface area contributed by atoms with Crippen molar-refractivity contribution in [3.63, 3.8) is 0 Å². The second-order valence-corrected chi connectivity index (χ2v) is 15.7. The average molecular weight is 944 g/mol. The monoisotopic (exact) mass is 941 g/mol. The molecule has 61 heavy (non-hydrogen) atoms. The Kier molecular flexibility index (Phi) is 14.6. The number of carbonyl (C=O) groups excluding carboxylic acids is 2. The number of amides is 2. The molecule has 0 saturated carbocycles. The maximum Gasteiger partial charge on any atom is 0.269 e. The molecule has 0 aliphatic carbocycles. The molecule has 0 radical (unpaired) electrons. The lowest BCUT2D eigenvalue weighted by Crippen LogP contribution is -2.26. The van der Waals surface area contributed by atoms with Gasteiger partial charge in [-0.05, 0) is 61.5 Å². The first-order chi connectivity index (χ1) is 29.1. The van der Waals surface area contributed by atoms with Crippen LogP contribution < -0.4 is 10.6 Å². The molecule has 0 spiro atoms. The number of carbonyl (C=O) groups is 2. The molecule has 0 aliphatic heterocycles. The average Bonchev–Trinajstić information content (AvgIpc) is 3.92. The number of nitrogens with zero attached hydrogens (tertiary/aromatic N) is 6. The lowest BCUT2D eigenvalue weighted by Gasteiger charge is -2.08. The summed E-state index contributed by atoms with van der Waals surface area (Å²) in [7, 11) is 1.89. The Morgan fingerprint density at radius 3 is 1.56 bits per heavy atom. The molecular weight excluding hydrogens is 911 g/mol. The van der Waals surface area contributed by atoms with E-state index in [1.807, 2.05) is 36.9 Å². The first-order valence-electron chi connectivity index (χ1n) is 18.0. The number of aromatic hydroxyl groups is 3. The standard InChI is InChI=1S/C16H14Cl2N4O2.C15H12Cl2N4O2.C10H7Cl2NO/c1-22-7-9(20-8-22)4-5-19-16(24)13-3-2-10-11(17)6-12(18)15(23)14(10)21-13;16-10-5-11(17)14(22)13-9(10)1-2-12(21-13)15(23)19-4-3-8-6-18-7-20-8;1-5-2-3-6-7(11)4-8(12)10(14)9(6)13-5/h2-3,6-8,23H,4-5H2,1H3,(H,19,24);1-2,5-7,22H,3-4H2,(H,18,20)(H,19,23);2-4,14H,1H3. The number of fused-ring (bicyclic) bond motifs is 3. The zero-order valence-electron chi connectivity index (χ0n) is 31.9. The van der Waals surface area contributed by atoms with Crippen molar-refractivity contribution < 1.29 is 24.9 Å². The number of hydrogen-bond acceptors (Lipinski definition) is 10. The lowest BCUT2D eigenvalue weighted by atomic mass is 10.2. The Balaban J connectivity index is 0.000000158. The van der Waals surface area contributed by atoms with Gasteiger partial charge in [0.2, 0.25) is 0 Å². The number of H-pyrrole nitrogens is 1. The number of imidazole rings is 2. The summed E-state index contributed by atoms with van der Waals surface area (Å²) in [4.78, 5) is 47.9. The van der Waals surface area contributed by atoms with Gasteiger partial charge in [-0.15, -0.1) is 0 Å². The molecule has 314 valence electrons. The van der Waals surface area contributed by atoms with Gasteiger partial charge in [-0.25, -0.2) is 24.9 Å². The Hall–Kier alpha value is -5.61. The van der Waals surface area contributed by atoms with E-state index in [1.54, 1.807) is 43.1 Å². The molecule has 0 fully saturated rings. The van der Waals surface area contributed by atoms with Crippen molar-refractivity contribution in [2.24, 2.45) is 7.05 Å². The fourth-order valence-electron chi connectivity index (χ4n) is 5.77. The lowest BCUT2D eigenvalue weighted by molar-refractivity contribution is 0.0941. The van der Waals surface area contributed by atoms with Gasteiger partial charge in [0.25, 0.3) is 11.8 Å². The Morgan fingerprint density at radius 1 is 0.656 bits per heavy atom. The molecule has 0 bridgehead atoms. The molecule has 2 amide bonds. The van der Waals surface area contributed by atoms with E-state index in [0.29, 0.717) is 62.7 Å². The fraction of sp³-hybridized carbons (Fsp3) is 0.146. The number of aromatic amines is 1. The highest BCUT2D eigenvalue weighted by molar-refractivity contribution is 6.41. The van der Waals surface area contributed by atoms with Crippen molar-refractivity contribution in [1.29, 1.82) is 0 Å². The number of pyridine rings is 3. The minimum absolute atomic E-state index is 0.0187. The van der Waals surface area contributed by atoms with Crippen LogP contribution in [-0.4, -0.2) is 74.7 Å². The number of nitrogens with one attached hydrogen (secondary N) is 3. The SMILES string of the molecule is Cc1ccc2c(Cl)cc(Cl)c(O)c2n1.Cn1cnc(CCNC(=O)c2ccc3c(Cl)cc(Cl)c(O)c3n2)c1.O=C(NCCc1cnc[nH]1)c1ccc2c(Cl)cc(Cl)c(O)c2n1. The summed E-state index contributed by atoms with van der Waals surface area (Å²) in [6, 6.07) is 14.4. The molecule has 14 nitrogen and oxygen atoms in total. The van der Waals surface area contributed by atoms with Crippen molar-refractivity contribution >= 4 is 114 Å². The van der Waals surface area contributed by atoms with Crippen LogP contribution in [0.1, 0.15) is 38.1 Å². The quantitative estimate of drug-likeness (QED) is 0.0852. The van der Waals surface area contributed by atoms with E-state index in [0.717, 1.165) is 17.1 Å². The predicted molar refractivity (Wildman–Crippen MR) is 239 cm³/mol. The first-order valence-corrected chi connectivity index (χ1v) is 20.3. The number of phenolic OH excluding ortho intramolecular Hbond substituents is 3. The first kappa shape index (κ1) is 44.9. The molecule has 8 rings (SSSR count). The van der Waals surface area contributed by atoms with E-state index in [1.165, 1.54) is 18.2 Å². The number of aromatic nitrogens is 7. The molecule has 20 heteroatoms. The maximum atomic E-state index is 12.2. The number of rotatable bonds is 8. The molecular formula is C41H33Cl6N9O5. The third kappa shape index (κ3) is 10.8. The van der Waals surface area contributed by atoms with Crippen LogP contribution in [0.2, 0.25) is 30.1 Å². The van der Waals surface area contributed by atoms with Gasteiger partial charge in [0.05, 0.1) is 48.5 Å². The normalized spacial score (nSPS) is 10.9. The summed E-state index contributed by atoms with van der Waals surface area (Å²) in [5, 5.41) is 38.6. The summed E-state index contributed by atoms with van der Waals surface area (Å²) in [5.74, 6) is -1.10. The second-order valence-electron chi connectivity index (χ2n) is 13.2. The highest BCUT2D eigenvalue weighted by atomic mass is 35.5. The molecule has 5 aromatic heterocycles. The van der Waals surface area contributed by atoms with Crippen LogP contribution in [0.25, 0.3) is 32.7 Å². The fourth-order valence-corrected chi connectivity index (χ4v) is 7.32. The third-order valence-corrected chi connectivity index (χ3v) is 10.6. The van der Waals surface area contributed by atoms with Crippen LogP contribution in [0.4, 0.5) is 0 Å². The van der Waals surface area contributed by atoms with Gasteiger partial charge in [0.1, 0.15) is 27.9 Å². The highest BCUT2D eigenvalue weighted by Crippen LogP contribution is 2.38. The predicted octanol–water partition coefficient (Wildman–Crippen LogP) is 9.45. The second kappa shape index (κ2) is 19.8. The van der Waals surface area contributed by atoms with Gasteiger partial charge in [-0.1, -0.05) is 69.6 Å². The van der Waals surface area contributed by atoms with Gasteiger partial charge in [0, 0.05) is 72.9 Å². The van der Waals surface area contributed by atoms with Crippen LogP contribution in [0.3, 0.4) is 0 Å². The molecule has 3 aromatic carbocycles. The van der Waals surface area contributed by atoms with Gasteiger partial charge < -0.3 is 35.5 Å². The Bertz CT molecular complexity index is 2910. The molecule has 0 unspecified atom stereocenters. The zero-order chi connectivity index (χ0) is 44.0. The van der Waals surface area contributed by atoms with Gasteiger partial charge in [-0.3, -0.25) is 9.59 Å². The van der Waals surface area contributed by atoms with Gasteiger partial charge >= 0.3 is 0 Å². The number of aryl methyl sites for hydroxylation is 2. The van der Waals surface area contributed by atoms with E-state index >= 15 is 0 Å². The minimum Gasteiger partial charge on any atom is -0.504 e.